The summed E-state index contributed by atoms with van der Waals surface area (Å²) in [4.78, 5) is 19.4. The molecule has 106 valence electrons. The van der Waals surface area contributed by atoms with E-state index >= 15 is 0 Å². The van der Waals surface area contributed by atoms with Gasteiger partial charge in [-0.3, -0.25) is 9.69 Å². The number of hydrogen-bond acceptors (Lipinski definition) is 4. The van der Waals surface area contributed by atoms with Crippen molar-refractivity contribution >= 4 is 5.97 Å². The summed E-state index contributed by atoms with van der Waals surface area (Å²) < 4.78 is 2.16. The maximum absolute atomic E-state index is 10.5. The molecule has 1 saturated heterocycles. The van der Waals surface area contributed by atoms with Gasteiger partial charge in [0.05, 0.1) is 18.4 Å². The van der Waals surface area contributed by atoms with Crippen molar-refractivity contribution in [2.24, 2.45) is 0 Å². The third-order valence-electron chi connectivity index (χ3n) is 3.63. The summed E-state index contributed by atoms with van der Waals surface area (Å²) in [6.07, 6.45) is 4.04. The highest BCUT2D eigenvalue weighted by atomic mass is 16.4. The number of imidazole rings is 1. The fourth-order valence-electron chi connectivity index (χ4n) is 2.42. The van der Waals surface area contributed by atoms with E-state index in [9.17, 15) is 4.79 Å². The number of piperazine rings is 1. The third-order valence-corrected chi connectivity index (χ3v) is 3.63. The number of carboxylic acid groups (broad SMARTS) is 1. The molecule has 1 aromatic heterocycles. The van der Waals surface area contributed by atoms with Crippen LogP contribution in [0.4, 0.5) is 0 Å². The Morgan fingerprint density at radius 1 is 1.32 bits per heavy atom. The molecule has 1 aliphatic rings. The second-order valence-corrected chi connectivity index (χ2v) is 4.93. The van der Waals surface area contributed by atoms with Crippen LogP contribution in [0.15, 0.2) is 12.5 Å². The van der Waals surface area contributed by atoms with Crippen molar-refractivity contribution < 1.29 is 9.90 Å². The van der Waals surface area contributed by atoms with Crippen LogP contribution in [0.3, 0.4) is 0 Å². The molecule has 1 fully saturated rings. The Labute approximate surface area is 113 Å². The first-order chi connectivity index (χ1) is 9.19. The van der Waals surface area contributed by atoms with Crippen molar-refractivity contribution in [1.29, 1.82) is 0 Å². The average Bonchev–Trinajstić information content (AvgIpc) is 2.85. The molecule has 0 atom stereocenters. The summed E-state index contributed by atoms with van der Waals surface area (Å²) >= 11 is 0. The summed E-state index contributed by atoms with van der Waals surface area (Å²) in [6, 6.07) is 0. The molecule has 0 aromatic carbocycles. The van der Waals surface area contributed by atoms with E-state index in [4.69, 9.17) is 5.11 Å². The average molecular weight is 266 g/mol. The van der Waals surface area contributed by atoms with Crippen molar-refractivity contribution in [2.45, 2.75) is 26.4 Å². The fourth-order valence-corrected chi connectivity index (χ4v) is 2.42. The summed E-state index contributed by atoms with van der Waals surface area (Å²) in [6.45, 7) is 8.56. The summed E-state index contributed by atoms with van der Waals surface area (Å²) in [7, 11) is 0. The lowest BCUT2D eigenvalue weighted by Gasteiger charge is -2.34. The van der Waals surface area contributed by atoms with Gasteiger partial charge >= 0.3 is 5.97 Å². The first-order valence-corrected chi connectivity index (χ1v) is 6.84. The number of aromatic nitrogens is 2. The van der Waals surface area contributed by atoms with Crippen LogP contribution in [0.5, 0.6) is 0 Å². The third kappa shape index (κ3) is 4.04. The molecule has 19 heavy (non-hydrogen) atoms. The van der Waals surface area contributed by atoms with Gasteiger partial charge in [-0.05, 0) is 6.92 Å². The Morgan fingerprint density at radius 2 is 2.00 bits per heavy atom. The Bertz CT molecular complexity index is 411. The monoisotopic (exact) mass is 266 g/mol. The maximum Gasteiger partial charge on any atom is 0.304 e. The molecule has 1 aliphatic heterocycles. The standard InChI is InChI=1S/C13H22N4O2/c1-2-17-11-14-9-12(17)10-16-7-5-15(6-8-16)4-3-13(18)19/h9,11H,2-8,10H2,1H3,(H,18,19). The predicted octanol–water partition coefficient (Wildman–Crippen LogP) is 0.495. The number of aliphatic carboxylic acids is 1. The van der Waals surface area contributed by atoms with E-state index in [1.165, 1.54) is 5.69 Å². The van der Waals surface area contributed by atoms with Gasteiger partial charge in [-0.1, -0.05) is 0 Å². The number of nitrogens with zero attached hydrogens (tertiary/aromatic N) is 4. The predicted molar refractivity (Wildman–Crippen MR) is 71.9 cm³/mol. The van der Waals surface area contributed by atoms with Crippen molar-refractivity contribution in [3.05, 3.63) is 18.2 Å². The molecule has 6 heteroatoms. The largest absolute Gasteiger partial charge is 0.481 e. The van der Waals surface area contributed by atoms with Gasteiger partial charge < -0.3 is 14.6 Å². The molecule has 0 bridgehead atoms. The van der Waals surface area contributed by atoms with Crippen molar-refractivity contribution in [3.8, 4) is 0 Å². The van der Waals surface area contributed by atoms with Gasteiger partial charge in [0.1, 0.15) is 0 Å². The molecular formula is C13H22N4O2. The van der Waals surface area contributed by atoms with Gasteiger partial charge in [0.15, 0.2) is 0 Å². The Balaban J connectivity index is 1.76. The smallest absolute Gasteiger partial charge is 0.304 e. The van der Waals surface area contributed by atoms with Crippen LogP contribution in [0.25, 0.3) is 0 Å². The molecule has 0 unspecified atom stereocenters. The SMILES string of the molecule is CCn1cncc1CN1CCN(CCC(=O)O)CC1. The summed E-state index contributed by atoms with van der Waals surface area (Å²) in [5.41, 5.74) is 1.25. The van der Waals surface area contributed by atoms with E-state index in [0.717, 1.165) is 39.3 Å². The van der Waals surface area contributed by atoms with Crippen LogP contribution in [-0.4, -0.2) is 63.2 Å². The van der Waals surface area contributed by atoms with Crippen LogP contribution < -0.4 is 0 Å². The normalized spacial score (nSPS) is 17.7. The maximum atomic E-state index is 10.5. The molecule has 1 aromatic rings. The first kappa shape index (κ1) is 14.0. The van der Waals surface area contributed by atoms with E-state index < -0.39 is 5.97 Å². The molecule has 0 radical (unpaired) electrons. The van der Waals surface area contributed by atoms with Crippen molar-refractivity contribution in [2.75, 3.05) is 32.7 Å². The van der Waals surface area contributed by atoms with Crippen LogP contribution in [0.2, 0.25) is 0 Å². The minimum Gasteiger partial charge on any atom is -0.481 e. The zero-order chi connectivity index (χ0) is 13.7. The zero-order valence-electron chi connectivity index (χ0n) is 11.5. The molecule has 2 rings (SSSR count). The van der Waals surface area contributed by atoms with Gasteiger partial charge in [-0.2, -0.15) is 0 Å². The molecule has 1 N–H and O–H groups in total. The van der Waals surface area contributed by atoms with Crippen molar-refractivity contribution in [3.63, 3.8) is 0 Å². The Kier molecular flexibility index (Phi) is 4.93. The Morgan fingerprint density at radius 3 is 2.63 bits per heavy atom. The number of carboxylic acids is 1. The van der Waals surface area contributed by atoms with E-state index in [2.05, 4.69) is 26.3 Å². The van der Waals surface area contributed by atoms with E-state index in [1.54, 1.807) is 0 Å². The number of rotatable bonds is 6. The summed E-state index contributed by atoms with van der Waals surface area (Å²) in [5.74, 6) is -0.714. The second kappa shape index (κ2) is 6.68. The number of hydrogen-bond donors (Lipinski definition) is 1. The van der Waals surface area contributed by atoms with Gasteiger partial charge in [0.25, 0.3) is 0 Å². The zero-order valence-corrected chi connectivity index (χ0v) is 11.5. The lowest BCUT2D eigenvalue weighted by molar-refractivity contribution is -0.137. The Hall–Kier alpha value is -1.40. The fraction of sp³-hybridized carbons (Fsp3) is 0.692. The second-order valence-electron chi connectivity index (χ2n) is 4.93. The van der Waals surface area contributed by atoms with E-state index in [0.29, 0.717) is 6.54 Å². The molecule has 0 spiro atoms. The van der Waals surface area contributed by atoms with Crippen LogP contribution in [0.1, 0.15) is 19.0 Å². The van der Waals surface area contributed by atoms with Crippen LogP contribution >= 0.6 is 0 Å². The van der Waals surface area contributed by atoms with E-state index in [-0.39, 0.29) is 6.42 Å². The summed E-state index contributed by atoms with van der Waals surface area (Å²) in [5, 5.41) is 8.68. The van der Waals surface area contributed by atoms with Gasteiger partial charge in [0.2, 0.25) is 0 Å². The number of carbonyl (C=O) groups is 1. The molecule has 2 heterocycles. The van der Waals surface area contributed by atoms with E-state index in [1.807, 2.05) is 12.5 Å². The highest BCUT2D eigenvalue weighted by molar-refractivity contribution is 5.66. The van der Waals surface area contributed by atoms with Gasteiger partial charge in [-0.15, -0.1) is 0 Å². The highest BCUT2D eigenvalue weighted by Gasteiger charge is 2.18. The molecule has 0 amide bonds. The van der Waals surface area contributed by atoms with Crippen LogP contribution in [0, 0.1) is 0 Å². The van der Waals surface area contributed by atoms with Gasteiger partial charge in [0, 0.05) is 52.0 Å². The molecular weight excluding hydrogens is 244 g/mol. The number of aryl methyl sites for hydroxylation is 1. The lowest BCUT2D eigenvalue weighted by Crippen LogP contribution is -2.46. The van der Waals surface area contributed by atoms with Crippen molar-refractivity contribution in [1.82, 2.24) is 19.4 Å². The first-order valence-electron chi connectivity index (χ1n) is 6.84. The van der Waals surface area contributed by atoms with Crippen LogP contribution in [-0.2, 0) is 17.9 Å². The topological polar surface area (TPSA) is 61.6 Å². The minimum atomic E-state index is -0.714. The minimum absolute atomic E-state index is 0.239. The lowest BCUT2D eigenvalue weighted by atomic mass is 10.2. The highest BCUT2D eigenvalue weighted by Crippen LogP contribution is 2.08. The molecule has 0 aliphatic carbocycles. The molecule has 0 saturated carbocycles. The van der Waals surface area contributed by atoms with Gasteiger partial charge in [-0.25, -0.2) is 4.98 Å². The quantitative estimate of drug-likeness (QED) is 0.812. The molecule has 6 nitrogen and oxygen atoms in total.